The molecular weight excluding hydrogens is 339 g/mol. The third kappa shape index (κ3) is 2.74. The second kappa shape index (κ2) is 6.96. The normalized spacial score (nSPS) is 11.4. The molecule has 4 aromatic rings. The van der Waals surface area contributed by atoms with Crippen molar-refractivity contribution in [3.8, 4) is 0 Å². The van der Waals surface area contributed by atoms with Crippen LogP contribution in [0, 0.1) is 6.92 Å². The minimum absolute atomic E-state index is 1.38. The molecule has 0 N–H and O–H groups in total. The predicted molar refractivity (Wildman–Crippen MR) is 114 cm³/mol. The van der Waals surface area contributed by atoms with E-state index >= 15 is 0 Å². The van der Waals surface area contributed by atoms with Crippen LogP contribution in [-0.2, 0) is 0 Å². The van der Waals surface area contributed by atoms with E-state index in [0.717, 1.165) is 0 Å². The summed E-state index contributed by atoms with van der Waals surface area (Å²) in [6.07, 6.45) is 0. The topological polar surface area (TPSA) is 0 Å². The zero-order chi connectivity index (χ0) is 17.1. The molecule has 0 aliphatic heterocycles. The first-order chi connectivity index (χ1) is 12.3. The summed E-state index contributed by atoms with van der Waals surface area (Å²) in [5.74, 6) is 0. The van der Waals surface area contributed by atoms with Crippen LogP contribution in [0.2, 0.25) is 0 Å². The smallest absolute Gasteiger partial charge is 0.106 e. The Morgan fingerprint density at radius 2 is 0.960 bits per heavy atom. The van der Waals surface area contributed by atoms with Crippen LogP contribution in [0.5, 0.6) is 0 Å². The van der Waals surface area contributed by atoms with E-state index in [1.54, 1.807) is 0 Å². The van der Waals surface area contributed by atoms with E-state index in [9.17, 15) is 0 Å². The Morgan fingerprint density at radius 1 is 0.560 bits per heavy atom. The molecule has 0 amide bonds. The Morgan fingerprint density at radius 3 is 1.28 bits per heavy atom. The van der Waals surface area contributed by atoms with Gasteiger partial charge < -0.3 is 0 Å². The van der Waals surface area contributed by atoms with E-state index in [4.69, 9.17) is 0 Å². The Balaban J connectivity index is 2.15. The lowest BCUT2D eigenvalue weighted by Crippen LogP contribution is -2.38. The predicted octanol–water partition coefficient (Wildman–Crippen LogP) is 4.68. The summed E-state index contributed by atoms with van der Waals surface area (Å²) in [6, 6.07) is 35.4. The molecule has 2 heteroatoms. The molecule has 1 heterocycles. The number of hydrogen-bond acceptors (Lipinski definition) is 1. The van der Waals surface area contributed by atoms with Gasteiger partial charge in [0.1, 0.15) is 15.9 Å². The van der Waals surface area contributed by atoms with E-state index < -0.39 is 7.26 Å². The van der Waals surface area contributed by atoms with Crippen molar-refractivity contribution in [3.63, 3.8) is 0 Å². The molecule has 0 nitrogen and oxygen atoms in total. The Hall–Kier alpha value is -2.21. The van der Waals surface area contributed by atoms with Crippen molar-refractivity contribution in [1.82, 2.24) is 0 Å². The number of aryl methyl sites for hydroxylation is 1. The van der Waals surface area contributed by atoms with Crippen LogP contribution in [-0.4, -0.2) is 0 Å². The minimum Gasteiger partial charge on any atom is -0.106 e. The molecule has 0 radical (unpaired) electrons. The van der Waals surface area contributed by atoms with Crippen LogP contribution in [0.3, 0.4) is 0 Å². The molecule has 1 aromatic heterocycles. The van der Waals surface area contributed by atoms with Gasteiger partial charge in [-0.15, -0.1) is 11.3 Å². The summed E-state index contributed by atoms with van der Waals surface area (Å²) in [6.45, 7) is 2.25. The second-order valence-corrected chi connectivity index (χ2v) is 10.6. The largest absolute Gasteiger partial charge is 0.165 e. The highest BCUT2D eigenvalue weighted by molar-refractivity contribution is 8.04. The second-order valence-electron chi connectivity index (χ2n) is 6.09. The van der Waals surface area contributed by atoms with Crippen molar-refractivity contribution in [2.75, 3.05) is 0 Å². The molecule has 0 atom stereocenters. The first kappa shape index (κ1) is 16.3. The van der Waals surface area contributed by atoms with Gasteiger partial charge in [-0.3, -0.25) is 0 Å². The molecule has 122 valence electrons. The fourth-order valence-electron chi connectivity index (χ4n) is 3.46. The molecule has 0 saturated heterocycles. The summed E-state index contributed by atoms with van der Waals surface area (Å²) in [5, 5.41) is 6.47. The molecule has 0 fully saturated rings. The van der Waals surface area contributed by atoms with Gasteiger partial charge in [-0.25, -0.2) is 0 Å². The third-order valence-corrected chi connectivity index (χ3v) is 10.7. The van der Waals surface area contributed by atoms with Gasteiger partial charge in [-0.2, -0.15) is 0 Å². The number of thiophene rings is 1. The molecule has 3 aromatic carbocycles. The van der Waals surface area contributed by atoms with Gasteiger partial charge in [0.05, 0.1) is 0 Å². The Bertz CT molecular complexity index is 846. The quantitative estimate of drug-likeness (QED) is 0.464. The van der Waals surface area contributed by atoms with Gasteiger partial charge in [-0.1, -0.05) is 54.6 Å². The van der Waals surface area contributed by atoms with Gasteiger partial charge in [0.15, 0.2) is 11.9 Å². The zero-order valence-electron chi connectivity index (χ0n) is 14.2. The van der Waals surface area contributed by atoms with E-state index in [-0.39, 0.29) is 0 Å². The zero-order valence-corrected chi connectivity index (χ0v) is 15.9. The summed E-state index contributed by atoms with van der Waals surface area (Å²) < 4.78 is 1.50. The van der Waals surface area contributed by atoms with Crippen molar-refractivity contribution in [2.24, 2.45) is 0 Å². The lowest BCUT2D eigenvalue weighted by molar-refractivity contribution is 1.58. The molecule has 4 rings (SSSR count). The van der Waals surface area contributed by atoms with Gasteiger partial charge >= 0.3 is 0 Å². The first-order valence-electron chi connectivity index (χ1n) is 8.44. The Labute approximate surface area is 154 Å². The first-order valence-corrected chi connectivity index (χ1v) is 11.1. The van der Waals surface area contributed by atoms with Crippen molar-refractivity contribution in [1.29, 1.82) is 0 Å². The number of rotatable bonds is 4. The average Bonchev–Trinajstić information content (AvgIpc) is 3.12. The van der Waals surface area contributed by atoms with Gasteiger partial charge in [0.2, 0.25) is 0 Å². The van der Waals surface area contributed by atoms with Crippen LogP contribution >= 0.6 is 18.6 Å². The van der Waals surface area contributed by atoms with E-state index in [0.29, 0.717) is 0 Å². The number of benzene rings is 3. The molecule has 0 unspecified atom stereocenters. The van der Waals surface area contributed by atoms with Crippen molar-refractivity contribution < 1.29 is 0 Å². The molecule has 0 saturated carbocycles. The SMILES string of the molecule is Cc1ccsc1[P+](c1ccccc1)(c1ccccc1)c1ccccc1. The van der Waals surface area contributed by atoms with Gasteiger partial charge in [-0.05, 0) is 54.8 Å². The summed E-state index contributed by atoms with van der Waals surface area (Å²) in [4.78, 5) is 0. The van der Waals surface area contributed by atoms with Gasteiger partial charge in [0, 0.05) is 5.56 Å². The monoisotopic (exact) mass is 359 g/mol. The lowest BCUT2D eigenvalue weighted by Gasteiger charge is -2.26. The highest BCUT2D eigenvalue weighted by Gasteiger charge is 2.49. The molecule has 0 spiro atoms. The summed E-state index contributed by atoms with van der Waals surface area (Å²) in [7, 11) is -1.88. The fourth-order valence-corrected chi connectivity index (χ4v) is 9.94. The fraction of sp³-hybridized carbons (Fsp3) is 0.0435. The van der Waals surface area contributed by atoms with Crippen molar-refractivity contribution in [2.45, 2.75) is 6.92 Å². The minimum atomic E-state index is -1.88. The van der Waals surface area contributed by atoms with E-state index in [2.05, 4.69) is 109 Å². The van der Waals surface area contributed by atoms with Crippen molar-refractivity contribution >= 4 is 39.1 Å². The van der Waals surface area contributed by atoms with Crippen molar-refractivity contribution in [3.05, 3.63) is 108 Å². The maximum atomic E-state index is 2.30. The van der Waals surface area contributed by atoms with Crippen LogP contribution in [0.4, 0.5) is 0 Å². The molecule has 0 aliphatic carbocycles. The van der Waals surface area contributed by atoms with Crippen LogP contribution < -0.4 is 20.5 Å². The molecule has 0 bridgehead atoms. The van der Waals surface area contributed by atoms with Crippen LogP contribution in [0.25, 0.3) is 0 Å². The third-order valence-electron chi connectivity index (χ3n) is 4.57. The highest BCUT2D eigenvalue weighted by atomic mass is 32.1. The maximum Gasteiger partial charge on any atom is 0.165 e. The van der Waals surface area contributed by atoms with Crippen LogP contribution in [0.15, 0.2) is 102 Å². The summed E-state index contributed by atoms with van der Waals surface area (Å²) >= 11 is 1.89. The van der Waals surface area contributed by atoms with E-state index in [1.807, 2.05) is 11.3 Å². The molecule has 0 aliphatic rings. The number of hydrogen-bond donors (Lipinski definition) is 0. The van der Waals surface area contributed by atoms with Gasteiger partial charge in [0.25, 0.3) is 0 Å². The standard InChI is InChI=1S/C23H20PS/c1-19-17-18-25-23(19)24(20-11-5-2-6-12-20,21-13-7-3-8-14-21)22-15-9-4-10-16-22/h2-18H,1H3/q+1. The lowest BCUT2D eigenvalue weighted by atomic mass is 10.3. The van der Waals surface area contributed by atoms with E-state index in [1.165, 1.54) is 26.1 Å². The average molecular weight is 359 g/mol. The molecular formula is C23H20PS+. The highest BCUT2D eigenvalue weighted by Crippen LogP contribution is 2.55. The summed E-state index contributed by atoms with van der Waals surface area (Å²) in [5.41, 5.74) is 1.38. The van der Waals surface area contributed by atoms with Crippen LogP contribution in [0.1, 0.15) is 5.56 Å². The Kier molecular flexibility index (Phi) is 4.53. The molecule has 25 heavy (non-hydrogen) atoms. The maximum absolute atomic E-state index is 2.30.